The van der Waals surface area contributed by atoms with Crippen LogP contribution in [-0.4, -0.2) is 82.2 Å². The van der Waals surface area contributed by atoms with Crippen molar-refractivity contribution in [2.45, 2.75) is 31.8 Å². The SMILES string of the molecule is COC(=O)CC[C@H]1CN(Cc2cc(OC)c3c(c2)OCO3)CC[C@H]1N1CCOCC1. The molecule has 2 saturated heterocycles. The lowest BCUT2D eigenvalue weighted by atomic mass is 9.86. The summed E-state index contributed by atoms with van der Waals surface area (Å²) in [6, 6.07) is 4.56. The number of benzene rings is 1. The van der Waals surface area contributed by atoms with Gasteiger partial charge in [0.25, 0.3) is 0 Å². The van der Waals surface area contributed by atoms with Crippen LogP contribution < -0.4 is 14.2 Å². The summed E-state index contributed by atoms with van der Waals surface area (Å²) in [6.07, 6.45) is 2.40. The molecule has 2 fully saturated rings. The van der Waals surface area contributed by atoms with E-state index >= 15 is 0 Å². The number of rotatable bonds is 7. The van der Waals surface area contributed by atoms with Crippen molar-refractivity contribution < 1.29 is 28.5 Å². The highest BCUT2D eigenvalue weighted by atomic mass is 16.7. The van der Waals surface area contributed by atoms with Gasteiger partial charge in [0, 0.05) is 38.6 Å². The zero-order valence-electron chi connectivity index (χ0n) is 17.9. The molecule has 30 heavy (non-hydrogen) atoms. The number of methoxy groups -OCH3 is 2. The maximum absolute atomic E-state index is 11.8. The Morgan fingerprint density at radius 1 is 1.17 bits per heavy atom. The topological polar surface area (TPSA) is 69.7 Å². The molecular formula is C22H32N2O6. The van der Waals surface area contributed by atoms with E-state index in [9.17, 15) is 4.79 Å². The van der Waals surface area contributed by atoms with Crippen LogP contribution in [-0.2, 0) is 20.8 Å². The summed E-state index contributed by atoms with van der Waals surface area (Å²) in [6.45, 7) is 6.55. The van der Waals surface area contributed by atoms with Crippen molar-refractivity contribution >= 4 is 5.97 Å². The van der Waals surface area contributed by atoms with Crippen molar-refractivity contribution in [3.63, 3.8) is 0 Å². The van der Waals surface area contributed by atoms with Gasteiger partial charge in [-0.1, -0.05) is 0 Å². The van der Waals surface area contributed by atoms with Crippen molar-refractivity contribution in [2.24, 2.45) is 5.92 Å². The van der Waals surface area contributed by atoms with Crippen molar-refractivity contribution in [3.8, 4) is 17.2 Å². The number of nitrogens with zero attached hydrogens (tertiary/aromatic N) is 2. The van der Waals surface area contributed by atoms with Gasteiger partial charge < -0.3 is 23.7 Å². The molecule has 1 aromatic carbocycles. The van der Waals surface area contributed by atoms with E-state index in [1.165, 1.54) is 7.11 Å². The molecule has 0 unspecified atom stereocenters. The van der Waals surface area contributed by atoms with Crippen LogP contribution in [0.25, 0.3) is 0 Å². The van der Waals surface area contributed by atoms with Crippen LogP contribution in [0.4, 0.5) is 0 Å². The van der Waals surface area contributed by atoms with Crippen molar-refractivity contribution in [1.29, 1.82) is 0 Å². The number of likely N-dealkylation sites (tertiary alicyclic amines) is 1. The Morgan fingerprint density at radius 3 is 2.77 bits per heavy atom. The fourth-order valence-corrected chi connectivity index (χ4v) is 4.85. The fraction of sp³-hybridized carbons (Fsp3) is 0.682. The predicted molar refractivity (Wildman–Crippen MR) is 110 cm³/mol. The zero-order valence-corrected chi connectivity index (χ0v) is 17.9. The lowest BCUT2D eigenvalue weighted by Gasteiger charge is -2.45. The van der Waals surface area contributed by atoms with Crippen LogP contribution in [0.3, 0.4) is 0 Å². The first-order chi connectivity index (χ1) is 14.7. The molecule has 0 amide bonds. The van der Waals surface area contributed by atoms with Crippen LogP contribution in [0.2, 0.25) is 0 Å². The molecule has 0 aromatic heterocycles. The molecule has 0 bridgehead atoms. The molecule has 2 atom stereocenters. The Balaban J connectivity index is 1.44. The molecule has 3 aliphatic heterocycles. The highest BCUT2D eigenvalue weighted by Crippen LogP contribution is 2.42. The smallest absolute Gasteiger partial charge is 0.305 e. The summed E-state index contributed by atoms with van der Waals surface area (Å²) in [5.74, 6) is 2.43. The molecule has 0 N–H and O–H groups in total. The van der Waals surface area contributed by atoms with Gasteiger partial charge in [-0.2, -0.15) is 0 Å². The predicted octanol–water partition coefficient (Wildman–Crippen LogP) is 1.90. The van der Waals surface area contributed by atoms with E-state index in [0.29, 0.717) is 29.9 Å². The van der Waals surface area contributed by atoms with E-state index in [2.05, 4.69) is 9.80 Å². The standard InChI is InChI=1S/C22H32N2O6/c1-26-19-11-16(12-20-22(19)30-15-29-20)13-23-6-5-18(24-7-9-28-10-8-24)17(14-23)3-4-21(25)27-2/h11-12,17-18H,3-10,13-15H2,1-2H3/t17-,18+/m0/s1. The monoisotopic (exact) mass is 420 g/mol. The van der Waals surface area contributed by atoms with Crippen molar-refractivity contribution in [1.82, 2.24) is 9.80 Å². The summed E-state index contributed by atoms with van der Waals surface area (Å²) in [7, 11) is 3.11. The third kappa shape index (κ3) is 4.82. The Bertz CT molecular complexity index is 737. The first-order valence-corrected chi connectivity index (χ1v) is 10.8. The summed E-state index contributed by atoms with van der Waals surface area (Å²) >= 11 is 0. The Kier molecular flexibility index (Phi) is 6.97. The molecule has 1 aromatic rings. The summed E-state index contributed by atoms with van der Waals surface area (Å²) in [4.78, 5) is 16.8. The molecule has 0 aliphatic carbocycles. The van der Waals surface area contributed by atoms with Crippen LogP contribution >= 0.6 is 0 Å². The van der Waals surface area contributed by atoms with Gasteiger partial charge in [0.15, 0.2) is 11.5 Å². The second-order valence-corrected chi connectivity index (χ2v) is 8.15. The van der Waals surface area contributed by atoms with E-state index < -0.39 is 0 Å². The number of hydrogen-bond donors (Lipinski definition) is 0. The third-order valence-electron chi connectivity index (χ3n) is 6.36. The number of esters is 1. The number of piperidine rings is 1. The minimum Gasteiger partial charge on any atom is -0.493 e. The highest BCUT2D eigenvalue weighted by molar-refractivity contribution is 5.69. The Hall–Kier alpha value is -2.03. The fourth-order valence-electron chi connectivity index (χ4n) is 4.85. The average Bonchev–Trinajstić information content (AvgIpc) is 3.26. The van der Waals surface area contributed by atoms with Gasteiger partial charge >= 0.3 is 5.97 Å². The first-order valence-electron chi connectivity index (χ1n) is 10.8. The van der Waals surface area contributed by atoms with E-state index in [1.54, 1.807) is 7.11 Å². The van der Waals surface area contributed by atoms with Gasteiger partial charge in [0.1, 0.15) is 0 Å². The first kappa shape index (κ1) is 21.2. The average molecular weight is 421 g/mol. The van der Waals surface area contributed by atoms with E-state index in [4.69, 9.17) is 23.7 Å². The second-order valence-electron chi connectivity index (χ2n) is 8.15. The van der Waals surface area contributed by atoms with Crippen LogP contribution in [0.1, 0.15) is 24.8 Å². The minimum atomic E-state index is -0.131. The van der Waals surface area contributed by atoms with E-state index in [-0.39, 0.29) is 12.8 Å². The second kappa shape index (κ2) is 9.85. The molecule has 4 rings (SSSR count). The zero-order chi connectivity index (χ0) is 20.9. The van der Waals surface area contributed by atoms with Gasteiger partial charge in [-0.25, -0.2) is 0 Å². The van der Waals surface area contributed by atoms with Crippen LogP contribution in [0.15, 0.2) is 12.1 Å². The normalized spacial score (nSPS) is 24.6. The van der Waals surface area contributed by atoms with E-state index in [0.717, 1.165) is 70.1 Å². The van der Waals surface area contributed by atoms with Crippen LogP contribution in [0, 0.1) is 5.92 Å². The molecular weight excluding hydrogens is 388 g/mol. The van der Waals surface area contributed by atoms with Crippen molar-refractivity contribution in [2.75, 3.05) is 60.4 Å². The largest absolute Gasteiger partial charge is 0.493 e. The number of hydrogen-bond acceptors (Lipinski definition) is 8. The number of carbonyl (C=O) groups is 1. The number of fused-ring (bicyclic) bond motifs is 1. The van der Waals surface area contributed by atoms with Crippen LogP contribution in [0.5, 0.6) is 17.2 Å². The van der Waals surface area contributed by atoms with Crippen molar-refractivity contribution in [3.05, 3.63) is 17.7 Å². The van der Waals surface area contributed by atoms with Gasteiger partial charge in [-0.3, -0.25) is 14.6 Å². The van der Waals surface area contributed by atoms with Gasteiger partial charge in [-0.05, 0) is 43.0 Å². The number of carbonyl (C=O) groups excluding carboxylic acids is 1. The molecule has 8 heteroatoms. The molecule has 0 radical (unpaired) electrons. The molecule has 0 spiro atoms. The van der Waals surface area contributed by atoms with Gasteiger partial charge in [0.2, 0.25) is 12.5 Å². The summed E-state index contributed by atoms with van der Waals surface area (Å²) in [5, 5.41) is 0. The molecule has 0 saturated carbocycles. The van der Waals surface area contributed by atoms with Gasteiger partial charge in [0.05, 0.1) is 27.4 Å². The number of morpholine rings is 1. The van der Waals surface area contributed by atoms with Gasteiger partial charge in [-0.15, -0.1) is 0 Å². The molecule has 3 heterocycles. The molecule has 3 aliphatic rings. The highest BCUT2D eigenvalue weighted by Gasteiger charge is 2.34. The molecule has 166 valence electrons. The quantitative estimate of drug-likeness (QED) is 0.620. The van der Waals surface area contributed by atoms with E-state index in [1.807, 2.05) is 12.1 Å². The third-order valence-corrected chi connectivity index (χ3v) is 6.36. The maximum atomic E-state index is 11.8. The Labute approximate surface area is 178 Å². The molecule has 8 nitrogen and oxygen atoms in total. The Morgan fingerprint density at radius 2 is 2.00 bits per heavy atom. The minimum absolute atomic E-state index is 0.131. The summed E-state index contributed by atoms with van der Waals surface area (Å²) in [5.41, 5.74) is 1.15. The lowest BCUT2D eigenvalue weighted by molar-refractivity contribution is -0.141. The summed E-state index contributed by atoms with van der Waals surface area (Å²) < 4.78 is 27.0. The lowest BCUT2D eigenvalue weighted by Crippen LogP contribution is -2.53. The number of ether oxygens (including phenoxy) is 5. The maximum Gasteiger partial charge on any atom is 0.305 e.